The summed E-state index contributed by atoms with van der Waals surface area (Å²) in [5.74, 6) is -0.308. The molecular formula is C16H15FN4O. The van der Waals surface area contributed by atoms with Gasteiger partial charge in [0, 0.05) is 25.4 Å². The molecule has 0 aliphatic heterocycles. The summed E-state index contributed by atoms with van der Waals surface area (Å²) in [6.45, 7) is 0.353. The Bertz CT molecular complexity index is 696. The van der Waals surface area contributed by atoms with Crippen molar-refractivity contribution in [1.82, 2.24) is 9.55 Å². The number of hydrogen-bond donors (Lipinski definition) is 1. The zero-order valence-electron chi connectivity index (χ0n) is 11.9. The number of halogens is 1. The van der Waals surface area contributed by atoms with Crippen molar-refractivity contribution in [2.24, 2.45) is 5.92 Å². The highest BCUT2D eigenvalue weighted by Gasteiger charge is 2.18. The zero-order valence-corrected chi connectivity index (χ0v) is 11.9. The van der Waals surface area contributed by atoms with Crippen LogP contribution in [0.5, 0.6) is 0 Å². The van der Waals surface area contributed by atoms with Crippen molar-refractivity contribution in [3.05, 3.63) is 53.9 Å². The molecule has 2 aromatic rings. The minimum atomic E-state index is -0.995. The third kappa shape index (κ3) is 3.69. The fraction of sp³-hybridized carbons (Fsp3) is 0.312. The molecule has 1 heterocycles. The molecule has 0 fully saturated rings. The normalized spacial score (nSPS) is 13.1. The highest BCUT2D eigenvalue weighted by molar-refractivity contribution is 5.23. The van der Waals surface area contributed by atoms with Crippen molar-refractivity contribution in [1.29, 1.82) is 10.5 Å². The highest BCUT2D eigenvalue weighted by atomic mass is 19.1. The lowest BCUT2D eigenvalue weighted by Crippen LogP contribution is -2.14. The molecule has 0 radical (unpaired) electrons. The second kappa shape index (κ2) is 7.35. The first kappa shape index (κ1) is 15.7. The van der Waals surface area contributed by atoms with E-state index in [2.05, 4.69) is 11.1 Å². The number of benzene rings is 1. The number of rotatable bonds is 6. The average molecular weight is 298 g/mol. The van der Waals surface area contributed by atoms with Gasteiger partial charge in [0.1, 0.15) is 17.7 Å². The number of hydrogen-bond acceptors (Lipinski definition) is 4. The molecule has 0 bridgehead atoms. The number of aromatic nitrogens is 2. The molecule has 0 unspecified atom stereocenters. The van der Waals surface area contributed by atoms with Crippen LogP contribution in [0.1, 0.15) is 30.3 Å². The summed E-state index contributed by atoms with van der Waals surface area (Å²) in [6, 6.07) is 9.72. The van der Waals surface area contributed by atoms with E-state index in [0.717, 1.165) is 0 Å². The van der Waals surface area contributed by atoms with Crippen LogP contribution in [0.15, 0.2) is 36.7 Å². The first-order valence-corrected chi connectivity index (χ1v) is 6.87. The molecule has 1 N–H and O–H groups in total. The number of nitriles is 2. The van der Waals surface area contributed by atoms with Gasteiger partial charge in [0.15, 0.2) is 0 Å². The third-order valence-electron chi connectivity index (χ3n) is 3.38. The molecular weight excluding hydrogens is 283 g/mol. The predicted octanol–water partition coefficient (Wildman–Crippen LogP) is 2.55. The van der Waals surface area contributed by atoms with Crippen molar-refractivity contribution in [2.75, 3.05) is 0 Å². The van der Waals surface area contributed by atoms with Gasteiger partial charge in [0.2, 0.25) is 0 Å². The molecule has 5 nitrogen and oxygen atoms in total. The van der Waals surface area contributed by atoms with Gasteiger partial charge in [-0.3, -0.25) is 0 Å². The minimum Gasteiger partial charge on any atom is -0.380 e. The molecule has 2 atom stereocenters. The molecule has 1 aromatic heterocycles. The molecule has 0 saturated heterocycles. The van der Waals surface area contributed by atoms with Crippen LogP contribution in [0.25, 0.3) is 0 Å². The molecule has 1 aromatic carbocycles. The molecule has 0 spiro atoms. The molecule has 0 amide bonds. The summed E-state index contributed by atoms with van der Waals surface area (Å²) in [7, 11) is 0. The van der Waals surface area contributed by atoms with Crippen LogP contribution < -0.4 is 0 Å². The number of aliphatic hydroxyl groups excluding tert-OH is 1. The highest BCUT2D eigenvalue weighted by Crippen LogP contribution is 2.22. The molecule has 112 valence electrons. The van der Waals surface area contributed by atoms with Gasteiger partial charge in [-0.15, -0.1) is 0 Å². The largest absolute Gasteiger partial charge is 0.380 e. The number of aliphatic hydroxyl groups is 1. The summed E-state index contributed by atoms with van der Waals surface area (Å²) >= 11 is 0. The Kier molecular flexibility index (Phi) is 5.24. The van der Waals surface area contributed by atoms with Crippen molar-refractivity contribution in [2.45, 2.75) is 25.5 Å². The van der Waals surface area contributed by atoms with E-state index in [1.54, 1.807) is 17.0 Å². The van der Waals surface area contributed by atoms with Crippen LogP contribution in [-0.4, -0.2) is 14.7 Å². The topological polar surface area (TPSA) is 85.6 Å². The smallest absolute Gasteiger partial charge is 0.142 e. The zero-order chi connectivity index (χ0) is 15.9. The Labute approximate surface area is 127 Å². The Morgan fingerprint density at radius 2 is 2.00 bits per heavy atom. The van der Waals surface area contributed by atoms with Crippen molar-refractivity contribution < 1.29 is 9.50 Å². The lowest BCUT2D eigenvalue weighted by atomic mass is 10.0. The van der Waals surface area contributed by atoms with E-state index in [-0.39, 0.29) is 11.7 Å². The fourth-order valence-corrected chi connectivity index (χ4v) is 2.19. The Morgan fingerprint density at radius 1 is 1.27 bits per heavy atom. The van der Waals surface area contributed by atoms with E-state index in [0.29, 0.717) is 30.8 Å². The van der Waals surface area contributed by atoms with Gasteiger partial charge in [0.05, 0.1) is 18.1 Å². The Balaban J connectivity index is 2.16. The second-order valence-corrected chi connectivity index (χ2v) is 4.91. The SMILES string of the molecule is N#CCC[C@@H](C#N)Cn1ccnc1[C@H](O)c1ccc(F)cc1. The summed E-state index contributed by atoms with van der Waals surface area (Å²) < 4.78 is 14.6. The third-order valence-corrected chi connectivity index (χ3v) is 3.38. The van der Waals surface area contributed by atoms with Gasteiger partial charge in [0.25, 0.3) is 0 Å². The standard InChI is InChI=1S/C16H15FN4O/c17-14-5-3-13(4-6-14)15(22)16-20-8-9-21(16)11-12(10-19)2-1-7-18/h3-6,8-9,12,15,22H,1-2,11H2/t12-,15+/m0/s1. The number of imidazole rings is 1. The van der Waals surface area contributed by atoms with Crippen LogP contribution in [0.4, 0.5) is 4.39 Å². The Hall–Kier alpha value is -2.70. The summed E-state index contributed by atoms with van der Waals surface area (Å²) in [5, 5.41) is 28.1. The van der Waals surface area contributed by atoms with Gasteiger partial charge in [-0.1, -0.05) is 12.1 Å². The van der Waals surface area contributed by atoms with Crippen molar-refractivity contribution in [3.63, 3.8) is 0 Å². The van der Waals surface area contributed by atoms with Crippen molar-refractivity contribution in [3.8, 4) is 12.1 Å². The van der Waals surface area contributed by atoms with Gasteiger partial charge >= 0.3 is 0 Å². The first-order chi connectivity index (χ1) is 10.7. The Morgan fingerprint density at radius 3 is 2.64 bits per heavy atom. The lowest BCUT2D eigenvalue weighted by molar-refractivity contribution is 0.203. The van der Waals surface area contributed by atoms with Crippen LogP contribution in [0, 0.1) is 34.4 Å². The molecule has 22 heavy (non-hydrogen) atoms. The van der Waals surface area contributed by atoms with Gasteiger partial charge in [-0.25, -0.2) is 9.37 Å². The monoisotopic (exact) mass is 298 g/mol. The molecule has 2 rings (SSSR count). The fourth-order valence-electron chi connectivity index (χ4n) is 2.19. The maximum Gasteiger partial charge on any atom is 0.142 e. The lowest BCUT2D eigenvalue weighted by Gasteiger charge is -2.15. The van der Waals surface area contributed by atoms with E-state index in [1.165, 1.54) is 24.3 Å². The maximum atomic E-state index is 12.9. The van der Waals surface area contributed by atoms with Crippen LogP contribution in [-0.2, 0) is 6.54 Å². The summed E-state index contributed by atoms with van der Waals surface area (Å²) in [4.78, 5) is 4.13. The molecule has 0 aliphatic rings. The summed E-state index contributed by atoms with van der Waals surface area (Å²) in [6.07, 6.45) is 3.01. The predicted molar refractivity (Wildman–Crippen MR) is 76.6 cm³/mol. The first-order valence-electron chi connectivity index (χ1n) is 6.87. The van der Waals surface area contributed by atoms with E-state index in [1.807, 2.05) is 6.07 Å². The molecule has 6 heteroatoms. The number of nitrogens with zero attached hydrogens (tertiary/aromatic N) is 4. The maximum absolute atomic E-state index is 12.9. The quantitative estimate of drug-likeness (QED) is 0.888. The van der Waals surface area contributed by atoms with E-state index < -0.39 is 6.10 Å². The van der Waals surface area contributed by atoms with Crippen LogP contribution in [0.2, 0.25) is 0 Å². The van der Waals surface area contributed by atoms with Crippen LogP contribution >= 0.6 is 0 Å². The second-order valence-electron chi connectivity index (χ2n) is 4.91. The van der Waals surface area contributed by atoms with Gasteiger partial charge in [-0.05, 0) is 24.1 Å². The van der Waals surface area contributed by atoms with Crippen molar-refractivity contribution >= 4 is 0 Å². The summed E-state index contributed by atoms with van der Waals surface area (Å²) in [5.41, 5.74) is 0.527. The van der Waals surface area contributed by atoms with E-state index in [9.17, 15) is 9.50 Å². The minimum absolute atomic E-state index is 0.308. The van der Waals surface area contributed by atoms with Gasteiger partial charge < -0.3 is 9.67 Å². The van der Waals surface area contributed by atoms with E-state index in [4.69, 9.17) is 10.5 Å². The molecule has 0 aliphatic carbocycles. The average Bonchev–Trinajstić information content (AvgIpc) is 2.99. The molecule has 0 saturated carbocycles. The van der Waals surface area contributed by atoms with E-state index >= 15 is 0 Å². The van der Waals surface area contributed by atoms with Gasteiger partial charge in [-0.2, -0.15) is 10.5 Å². The van der Waals surface area contributed by atoms with Crippen LogP contribution in [0.3, 0.4) is 0 Å².